The number of hydrogen-bond donors (Lipinski definition) is 4. The molecule has 0 aromatic heterocycles. The fourth-order valence-electron chi connectivity index (χ4n) is 3.48. The van der Waals surface area contributed by atoms with Gasteiger partial charge in [-0.25, -0.2) is 0 Å². The average Bonchev–Trinajstić information content (AvgIpc) is 2.72. The van der Waals surface area contributed by atoms with Crippen LogP contribution in [0.15, 0.2) is 48.5 Å². The maximum atomic E-state index is 10.4. The Balaban J connectivity index is 1.98. The van der Waals surface area contributed by atoms with E-state index in [9.17, 15) is 20.4 Å². The Labute approximate surface area is 168 Å². The zero-order chi connectivity index (χ0) is 20.3. The second-order valence-electron chi connectivity index (χ2n) is 6.78. The zero-order valence-corrected chi connectivity index (χ0v) is 16.2. The van der Waals surface area contributed by atoms with Crippen molar-refractivity contribution in [3.8, 4) is 0 Å². The maximum Gasteiger partial charge on any atom is 0.113 e. The summed E-state index contributed by atoms with van der Waals surface area (Å²) in [6, 6.07) is 14.8. The van der Waals surface area contributed by atoms with E-state index in [2.05, 4.69) is 0 Å². The summed E-state index contributed by atoms with van der Waals surface area (Å²) in [6.07, 6.45) is -6.50. The van der Waals surface area contributed by atoms with Gasteiger partial charge in [-0.3, -0.25) is 0 Å². The van der Waals surface area contributed by atoms with Crippen LogP contribution in [0.2, 0.25) is 5.02 Å². The van der Waals surface area contributed by atoms with Gasteiger partial charge in [-0.1, -0.05) is 48.0 Å². The Morgan fingerprint density at radius 3 is 2.39 bits per heavy atom. The molecule has 3 rings (SSSR count). The largest absolute Gasteiger partial charge is 0.394 e. The Morgan fingerprint density at radius 2 is 1.75 bits per heavy atom. The van der Waals surface area contributed by atoms with Crippen molar-refractivity contribution >= 4 is 11.6 Å². The molecule has 6 nitrogen and oxygen atoms in total. The first-order valence-corrected chi connectivity index (χ1v) is 9.62. The van der Waals surface area contributed by atoms with E-state index >= 15 is 0 Å². The third kappa shape index (κ3) is 4.23. The highest BCUT2D eigenvalue weighted by atomic mass is 35.5. The molecule has 6 atom stereocenters. The van der Waals surface area contributed by atoms with Crippen molar-refractivity contribution in [3.05, 3.63) is 70.2 Å². The van der Waals surface area contributed by atoms with Crippen LogP contribution in [-0.4, -0.2) is 58.1 Å². The standard InChI is InChI=1S/C21H25ClO6/c1-2-27-20(12-6-4-3-5-7-12)14-10-13(8-9-15(14)22)21-19(26)18(25)17(24)16(11-23)28-21/h3-10,16-21,23-26H,2,11H2,1H3/t16-,17-,18+,19-,20?,21+/m1/s1. The van der Waals surface area contributed by atoms with Crippen molar-refractivity contribution in [1.29, 1.82) is 0 Å². The second kappa shape index (κ2) is 9.33. The molecule has 2 aromatic carbocycles. The number of aliphatic hydroxyl groups is 4. The summed E-state index contributed by atoms with van der Waals surface area (Å²) in [5, 5.41) is 40.4. The summed E-state index contributed by atoms with van der Waals surface area (Å²) in [5.74, 6) is 0. The van der Waals surface area contributed by atoms with E-state index in [4.69, 9.17) is 21.1 Å². The van der Waals surface area contributed by atoms with E-state index in [1.54, 1.807) is 18.2 Å². The molecule has 0 radical (unpaired) electrons. The van der Waals surface area contributed by atoms with Crippen LogP contribution in [0.3, 0.4) is 0 Å². The van der Waals surface area contributed by atoms with Crippen molar-refractivity contribution in [1.82, 2.24) is 0 Å². The van der Waals surface area contributed by atoms with Gasteiger partial charge in [0.05, 0.1) is 6.61 Å². The third-order valence-corrected chi connectivity index (χ3v) is 5.30. The molecular formula is C21H25ClO6. The third-order valence-electron chi connectivity index (χ3n) is 4.96. The first-order valence-electron chi connectivity index (χ1n) is 9.24. The Morgan fingerprint density at radius 1 is 1.04 bits per heavy atom. The molecule has 28 heavy (non-hydrogen) atoms. The first-order chi connectivity index (χ1) is 13.5. The number of aliphatic hydroxyl groups excluding tert-OH is 4. The average molecular weight is 409 g/mol. The van der Waals surface area contributed by atoms with Crippen LogP contribution in [0.25, 0.3) is 0 Å². The summed E-state index contributed by atoms with van der Waals surface area (Å²) < 4.78 is 11.6. The van der Waals surface area contributed by atoms with Crippen LogP contribution in [0, 0.1) is 0 Å². The van der Waals surface area contributed by atoms with E-state index in [1.807, 2.05) is 37.3 Å². The highest BCUT2D eigenvalue weighted by Gasteiger charge is 2.44. The van der Waals surface area contributed by atoms with Crippen molar-refractivity contribution in [3.63, 3.8) is 0 Å². The van der Waals surface area contributed by atoms with Crippen molar-refractivity contribution < 1.29 is 29.9 Å². The molecule has 1 aliphatic heterocycles. The second-order valence-corrected chi connectivity index (χ2v) is 7.18. The SMILES string of the molecule is CCOC(c1ccccc1)c1cc([C@@H]2O[C@H](CO)[C@@H](O)[C@H](O)[C@H]2O)ccc1Cl. The highest BCUT2D eigenvalue weighted by molar-refractivity contribution is 6.31. The number of ether oxygens (including phenoxy) is 2. The Kier molecular flexibility index (Phi) is 7.06. The van der Waals surface area contributed by atoms with Crippen LogP contribution in [-0.2, 0) is 9.47 Å². The minimum Gasteiger partial charge on any atom is -0.394 e. The predicted molar refractivity (Wildman–Crippen MR) is 104 cm³/mol. The molecule has 152 valence electrons. The summed E-state index contributed by atoms with van der Waals surface area (Å²) in [4.78, 5) is 0. The van der Waals surface area contributed by atoms with Gasteiger partial charge in [-0.05, 0) is 30.2 Å². The van der Waals surface area contributed by atoms with Crippen LogP contribution in [0.1, 0.15) is 35.8 Å². The minimum atomic E-state index is -1.44. The van der Waals surface area contributed by atoms with Gasteiger partial charge in [0, 0.05) is 17.2 Å². The molecule has 1 fully saturated rings. The monoisotopic (exact) mass is 408 g/mol. The van der Waals surface area contributed by atoms with Gasteiger partial charge < -0.3 is 29.9 Å². The normalized spacial score (nSPS) is 28.9. The summed E-state index contributed by atoms with van der Waals surface area (Å²) in [7, 11) is 0. The fourth-order valence-corrected chi connectivity index (χ4v) is 3.69. The molecule has 0 saturated carbocycles. The molecule has 1 aliphatic rings. The Hall–Kier alpha value is -1.51. The first kappa shape index (κ1) is 21.2. The lowest BCUT2D eigenvalue weighted by atomic mass is 9.89. The lowest BCUT2D eigenvalue weighted by Crippen LogP contribution is -2.55. The molecule has 2 aromatic rings. The highest BCUT2D eigenvalue weighted by Crippen LogP contribution is 2.37. The van der Waals surface area contributed by atoms with Gasteiger partial charge >= 0.3 is 0 Å². The predicted octanol–water partition coefficient (Wildman–Crippen LogP) is 1.98. The van der Waals surface area contributed by atoms with Crippen LogP contribution in [0.4, 0.5) is 0 Å². The fraction of sp³-hybridized carbons (Fsp3) is 0.429. The summed E-state index contributed by atoms with van der Waals surface area (Å²) in [5.41, 5.74) is 2.19. The molecular weight excluding hydrogens is 384 g/mol. The van der Waals surface area contributed by atoms with Gasteiger partial charge in [0.25, 0.3) is 0 Å². The minimum absolute atomic E-state index is 0.413. The van der Waals surface area contributed by atoms with E-state index in [0.717, 1.165) is 5.56 Å². The summed E-state index contributed by atoms with van der Waals surface area (Å²) in [6.45, 7) is 1.89. The molecule has 0 amide bonds. The topological polar surface area (TPSA) is 99.4 Å². The van der Waals surface area contributed by atoms with Crippen LogP contribution >= 0.6 is 11.6 Å². The molecule has 1 saturated heterocycles. The van der Waals surface area contributed by atoms with E-state index in [-0.39, 0.29) is 0 Å². The van der Waals surface area contributed by atoms with Crippen molar-refractivity contribution in [2.75, 3.05) is 13.2 Å². The van der Waals surface area contributed by atoms with E-state index in [1.165, 1.54) is 0 Å². The number of hydrogen-bond acceptors (Lipinski definition) is 6. The quantitative estimate of drug-likeness (QED) is 0.583. The molecule has 1 heterocycles. The zero-order valence-electron chi connectivity index (χ0n) is 15.5. The smallest absolute Gasteiger partial charge is 0.113 e. The Bertz CT molecular complexity index is 769. The molecule has 0 aliphatic carbocycles. The van der Waals surface area contributed by atoms with Gasteiger partial charge in [0.2, 0.25) is 0 Å². The lowest BCUT2D eigenvalue weighted by Gasteiger charge is -2.40. The van der Waals surface area contributed by atoms with Gasteiger partial charge in [0.15, 0.2) is 0 Å². The molecule has 0 spiro atoms. The van der Waals surface area contributed by atoms with Crippen molar-refractivity contribution in [2.24, 2.45) is 0 Å². The van der Waals surface area contributed by atoms with Crippen LogP contribution < -0.4 is 0 Å². The lowest BCUT2D eigenvalue weighted by molar-refractivity contribution is -0.231. The van der Waals surface area contributed by atoms with E-state index < -0.39 is 43.2 Å². The number of benzene rings is 2. The van der Waals surface area contributed by atoms with Crippen LogP contribution in [0.5, 0.6) is 0 Å². The molecule has 1 unspecified atom stereocenters. The molecule has 4 N–H and O–H groups in total. The molecule has 0 bridgehead atoms. The van der Waals surface area contributed by atoms with Gasteiger partial charge in [-0.15, -0.1) is 0 Å². The summed E-state index contributed by atoms with van der Waals surface area (Å²) >= 11 is 6.45. The van der Waals surface area contributed by atoms with Gasteiger partial charge in [-0.2, -0.15) is 0 Å². The molecule has 7 heteroatoms. The van der Waals surface area contributed by atoms with E-state index in [0.29, 0.717) is 22.8 Å². The van der Waals surface area contributed by atoms with Crippen molar-refractivity contribution in [2.45, 2.75) is 43.5 Å². The number of halogens is 1. The number of rotatable bonds is 6. The van der Waals surface area contributed by atoms with Gasteiger partial charge in [0.1, 0.15) is 36.6 Å². The maximum absolute atomic E-state index is 10.4.